The third-order valence-electron chi connectivity index (χ3n) is 3.39. The Morgan fingerprint density at radius 1 is 1.47 bits per heavy atom. The summed E-state index contributed by atoms with van der Waals surface area (Å²) in [6.45, 7) is 6.93. The van der Waals surface area contributed by atoms with Gasteiger partial charge in [0.25, 0.3) is 0 Å². The zero-order valence-electron chi connectivity index (χ0n) is 10.9. The minimum Gasteiger partial charge on any atom is -0.307 e. The van der Waals surface area contributed by atoms with Crippen LogP contribution in [0.1, 0.15) is 56.5 Å². The Hall–Kier alpha value is 0.390. The van der Waals surface area contributed by atoms with Gasteiger partial charge in [0, 0.05) is 17.0 Å². The van der Waals surface area contributed by atoms with Crippen molar-refractivity contribution in [2.45, 2.75) is 58.5 Å². The molecule has 17 heavy (non-hydrogen) atoms. The second-order valence-corrected chi connectivity index (χ2v) is 8.60. The molecule has 96 valence electrons. The summed E-state index contributed by atoms with van der Waals surface area (Å²) in [7, 11) is 0. The maximum Gasteiger partial charge on any atom is 0.0659 e. The third kappa shape index (κ3) is 3.67. The van der Waals surface area contributed by atoms with Crippen LogP contribution in [0.4, 0.5) is 0 Å². The van der Waals surface area contributed by atoms with Crippen LogP contribution < -0.4 is 5.32 Å². The standard InChI is InChI=1S/C14H22INS/c1-9(2)7-10(3)16-12-5-4-6-13-11(12)8-14(15)17-13/h8-10,12,16H,4-7H2,1-3H3. The molecule has 0 saturated heterocycles. The van der Waals surface area contributed by atoms with Gasteiger partial charge in [-0.1, -0.05) is 13.8 Å². The molecule has 1 heterocycles. The van der Waals surface area contributed by atoms with E-state index in [4.69, 9.17) is 0 Å². The average molecular weight is 363 g/mol. The second kappa shape index (κ2) is 6.02. The quantitative estimate of drug-likeness (QED) is 0.761. The molecule has 0 aliphatic heterocycles. The number of aryl methyl sites for hydroxylation is 1. The minimum atomic E-state index is 0.604. The molecule has 3 heteroatoms. The maximum absolute atomic E-state index is 3.82. The Morgan fingerprint density at radius 2 is 2.24 bits per heavy atom. The fraction of sp³-hybridized carbons (Fsp3) is 0.714. The first-order valence-corrected chi connectivity index (χ1v) is 8.50. The summed E-state index contributed by atoms with van der Waals surface area (Å²) < 4.78 is 1.44. The first-order valence-electron chi connectivity index (χ1n) is 6.60. The Kier molecular flexibility index (Phi) is 4.89. The highest BCUT2D eigenvalue weighted by Gasteiger charge is 2.23. The Bertz CT molecular complexity index is 372. The SMILES string of the molecule is CC(C)CC(C)NC1CCCc2sc(I)cc21. The van der Waals surface area contributed by atoms with Gasteiger partial charge in [-0.2, -0.15) is 0 Å². The topological polar surface area (TPSA) is 12.0 Å². The van der Waals surface area contributed by atoms with Crippen molar-refractivity contribution in [3.8, 4) is 0 Å². The molecule has 0 radical (unpaired) electrons. The van der Waals surface area contributed by atoms with Crippen LogP contribution in [-0.4, -0.2) is 6.04 Å². The van der Waals surface area contributed by atoms with E-state index in [-0.39, 0.29) is 0 Å². The summed E-state index contributed by atoms with van der Waals surface area (Å²) in [4.78, 5) is 1.62. The maximum atomic E-state index is 3.82. The van der Waals surface area contributed by atoms with Crippen molar-refractivity contribution in [2.75, 3.05) is 0 Å². The average Bonchev–Trinajstić information content (AvgIpc) is 2.58. The summed E-state index contributed by atoms with van der Waals surface area (Å²) in [5.74, 6) is 0.781. The molecule has 1 aliphatic carbocycles. The van der Waals surface area contributed by atoms with E-state index in [2.05, 4.69) is 54.7 Å². The van der Waals surface area contributed by atoms with E-state index in [9.17, 15) is 0 Å². The highest BCUT2D eigenvalue weighted by Crippen LogP contribution is 2.36. The van der Waals surface area contributed by atoms with Crippen molar-refractivity contribution < 1.29 is 0 Å². The highest BCUT2D eigenvalue weighted by molar-refractivity contribution is 14.1. The number of halogens is 1. The molecule has 1 aromatic heterocycles. The predicted molar refractivity (Wildman–Crippen MR) is 84.8 cm³/mol. The number of thiophene rings is 1. The molecular weight excluding hydrogens is 341 g/mol. The summed E-state index contributed by atoms with van der Waals surface area (Å²) >= 11 is 4.44. The van der Waals surface area contributed by atoms with Crippen LogP contribution in [0, 0.1) is 8.80 Å². The fourth-order valence-corrected chi connectivity index (χ4v) is 4.93. The van der Waals surface area contributed by atoms with Crippen LogP contribution in [0.3, 0.4) is 0 Å². The van der Waals surface area contributed by atoms with Crippen molar-refractivity contribution in [1.29, 1.82) is 0 Å². The molecule has 1 nitrogen and oxygen atoms in total. The van der Waals surface area contributed by atoms with Crippen LogP contribution in [0.5, 0.6) is 0 Å². The van der Waals surface area contributed by atoms with Gasteiger partial charge in [-0.05, 0) is 72.7 Å². The van der Waals surface area contributed by atoms with E-state index in [0.29, 0.717) is 12.1 Å². The highest BCUT2D eigenvalue weighted by atomic mass is 127. The van der Waals surface area contributed by atoms with Crippen LogP contribution >= 0.6 is 33.9 Å². The van der Waals surface area contributed by atoms with Crippen LogP contribution in [-0.2, 0) is 6.42 Å². The summed E-state index contributed by atoms with van der Waals surface area (Å²) in [5.41, 5.74) is 1.58. The molecule has 1 aromatic rings. The smallest absolute Gasteiger partial charge is 0.0659 e. The number of nitrogens with one attached hydrogen (secondary N) is 1. The second-order valence-electron chi connectivity index (χ2n) is 5.57. The number of hydrogen-bond donors (Lipinski definition) is 1. The van der Waals surface area contributed by atoms with E-state index in [1.165, 1.54) is 28.6 Å². The summed E-state index contributed by atoms with van der Waals surface area (Å²) in [6, 6.07) is 3.62. The molecule has 0 aromatic carbocycles. The Labute approximate surface area is 123 Å². The van der Waals surface area contributed by atoms with Gasteiger partial charge >= 0.3 is 0 Å². The lowest BCUT2D eigenvalue weighted by Crippen LogP contribution is -2.33. The van der Waals surface area contributed by atoms with Gasteiger partial charge in [0.1, 0.15) is 0 Å². The van der Waals surface area contributed by atoms with E-state index >= 15 is 0 Å². The molecule has 0 amide bonds. The number of rotatable bonds is 4. The van der Waals surface area contributed by atoms with Crippen LogP contribution in [0.15, 0.2) is 6.07 Å². The van der Waals surface area contributed by atoms with Gasteiger partial charge < -0.3 is 5.32 Å². The molecule has 0 bridgehead atoms. The lowest BCUT2D eigenvalue weighted by atomic mass is 9.92. The molecule has 0 spiro atoms. The molecule has 0 fully saturated rings. The molecule has 0 saturated carbocycles. The summed E-state index contributed by atoms with van der Waals surface area (Å²) in [5, 5.41) is 3.82. The third-order valence-corrected chi connectivity index (χ3v) is 5.37. The van der Waals surface area contributed by atoms with Crippen LogP contribution in [0.2, 0.25) is 0 Å². The van der Waals surface area contributed by atoms with Crippen LogP contribution in [0.25, 0.3) is 0 Å². The molecule has 1 N–H and O–H groups in total. The monoisotopic (exact) mass is 363 g/mol. The van der Waals surface area contributed by atoms with E-state index < -0.39 is 0 Å². The first-order chi connectivity index (χ1) is 8.06. The molecule has 1 aliphatic rings. The van der Waals surface area contributed by atoms with Gasteiger partial charge in [0.05, 0.1) is 2.88 Å². The van der Waals surface area contributed by atoms with Gasteiger partial charge in [-0.25, -0.2) is 0 Å². The molecule has 2 rings (SSSR count). The van der Waals surface area contributed by atoms with Gasteiger partial charge in [0.2, 0.25) is 0 Å². The molecule has 2 atom stereocenters. The van der Waals surface area contributed by atoms with Crippen molar-refractivity contribution in [1.82, 2.24) is 5.32 Å². The lowest BCUT2D eigenvalue weighted by Gasteiger charge is -2.28. The predicted octanol–water partition coefficient (Wildman–Crippen LogP) is 4.75. The van der Waals surface area contributed by atoms with Crippen molar-refractivity contribution in [3.63, 3.8) is 0 Å². The van der Waals surface area contributed by atoms with Crippen molar-refractivity contribution in [2.24, 2.45) is 5.92 Å². The lowest BCUT2D eigenvalue weighted by molar-refractivity contribution is 0.368. The zero-order valence-corrected chi connectivity index (χ0v) is 13.9. The van der Waals surface area contributed by atoms with Crippen molar-refractivity contribution >= 4 is 33.9 Å². The normalized spacial score (nSPS) is 21.6. The van der Waals surface area contributed by atoms with Gasteiger partial charge in [-0.15, -0.1) is 11.3 Å². The molecule has 2 unspecified atom stereocenters. The Balaban J connectivity index is 2.03. The van der Waals surface area contributed by atoms with Crippen molar-refractivity contribution in [3.05, 3.63) is 19.4 Å². The van der Waals surface area contributed by atoms with E-state index in [0.717, 1.165) is 5.92 Å². The minimum absolute atomic E-state index is 0.604. The summed E-state index contributed by atoms with van der Waals surface area (Å²) in [6.07, 6.45) is 5.21. The largest absolute Gasteiger partial charge is 0.307 e. The van der Waals surface area contributed by atoms with E-state index in [1.54, 1.807) is 10.4 Å². The molecular formula is C14H22INS. The number of fused-ring (bicyclic) bond motifs is 1. The zero-order chi connectivity index (χ0) is 12.4. The van der Waals surface area contributed by atoms with Gasteiger partial charge in [-0.3, -0.25) is 0 Å². The Morgan fingerprint density at radius 3 is 2.94 bits per heavy atom. The van der Waals surface area contributed by atoms with E-state index in [1.807, 2.05) is 11.3 Å². The first kappa shape index (κ1) is 13.8. The number of hydrogen-bond acceptors (Lipinski definition) is 2. The fourth-order valence-electron chi connectivity index (χ4n) is 2.81. The van der Waals surface area contributed by atoms with Gasteiger partial charge in [0.15, 0.2) is 0 Å².